The fourth-order valence-corrected chi connectivity index (χ4v) is 3.31. The minimum atomic E-state index is -0.431. The van der Waals surface area contributed by atoms with E-state index in [-0.39, 0.29) is 12.1 Å². The first-order valence-electron chi connectivity index (χ1n) is 8.15. The number of piperidine rings is 1. The highest BCUT2D eigenvalue weighted by Gasteiger charge is 2.46. The Hall–Kier alpha value is -2.38. The largest absolute Gasteiger partial charge is 0.441 e. The van der Waals surface area contributed by atoms with Crippen LogP contribution in [0.1, 0.15) is 30.1 Å². The minimum absolute atomic E-state index is 0.134. The monoisotopic (exact) mass is 333 g/mol. The highest BCUT2D eigenvalue weighted by atomic mass is 16.6. The average molecular weight is 333 g/mol. The van der Waals surface area contributed by atoms with E-state index < -0.39 is 5.60 Å². The van der Waals surface area contributed by atoms with Gasteiger partial charge in [-0.05, 0) is 19.9 Å². The van der Waals surface area contributed by atoms with Crippen LogP contribution >= 0.6 is 0 Å². The highest BCUT2D eigenvalue weighted by Crippen LogP contribution is 2.32. The molecule has 0 aromatic carbocycles. The maximum Gasteiger partial charge on any atom is 0.410 e. The van der Waals surface area contributed by atoms with Crippen LogP contribution in [0.25, 0.3) is 0 Å². The van der Waals surface area contributed by atoms with Gasteiger partial charge in [0, 0.05) is 44.4 Å². The van der Waals surface area contributed by atoms with Crippen LogP contribution in [0.3, 0.4) is 0 Å². The molecule has 3 heterocycles. The molecule has 0 saturated carbocycles. The molecule has 8 nitrogen and oxygen atoms in total. The Morgan fingerprint density at radius 1 is 1.29 bits per heavy atom. The number of likely N-dealkylation sites (tertiary alicyclic amines) is 1. The summed E-state index contributed by atoms with van der Waals surface area (Å²) < 4.78 is 5.49. The Kier molecular flexibility index (Phi) is 4.29. The summed E-state index contributed by atoms with van der Waals surface area (Å²) in [7, 11) is 1.74. The van der Waals surface area contributed by atoms with E-state index in [0.29, 0.717) is 44.8 Å². The van der Waals surface area contributed by atoms with Crippen molar-refractivity contribution in [1.29, 1.82) is 0 Å². The minimum Gasteiger partial charge on any atom is -0.441 e. The zero-order valence-corrected chi connectivity index (χ0v) is 14.3. The van der Waals surface area contributed by atoms with Crippen molar-refractivity contribution in [2.24, 2.45) is 0 Å². The first-order chi connectivity index (χ1) is 11.4. The third-order valence-corrected chi connectivity index (χ3v) is 4.53. The number of aryl methyl sites for hydroxylation is 2. The van der Waals surface area contributed by atoms with E-state index in [1.54, 1.807) is 16.8 Å². The van der Waals surface area contributed by atoms with Gasteiger partial charge in [0.1, 0.15) is 11.4 Å². The van der Waals surface area contributed by atoms with E-state index in [1.807, 2.05) is 19.9 Å². The first-order valence-corrected chi connectivity index (χ1v) is 8.15. The second-order valence-electron chi connectivity index (χ2n) is 6.62. The van der Waals surface area contributed by atoms with Gasteiger partial charge in [-0.2, -0.15) is 0 Å². The Morgan fingerprint density at radius 2 is 1.92 bits per heavy atom. The zero-order chi connectivity index (χ0) is 17.3. The smallest absolute Gasteiger partial charge is 0.410 e. The van der Waals surface area contributed by atoms with Crippen LogP contribution in [0.4, 0.5) is 9.59 Å². The van der Waals surface area contributed by atoms with Crippen LogP contribution in [0, 0.1) is 13.8 Å². The molecule has 2 fully saturated rings. The maximum atomic E-state index is 12.3. The van der Waals surface area contributed by atoms with Gasteiger partial charge in [-0.1, -0.05) is 0 Å². The number of nitrogens with one attached hydrogen (secondary N) is 1. The molecule has 0 radical (unpaired) electrons. The number of urea groups is 1. The molecule has 0 aliphatic carbocycles. The lowest BCUT2D eigenvalue weighted by molar-refractivity contribution is 0.00962. The Balaban J connectivity index is 1.51. The molecular formula is C16H23N5O3. The van der Waals surface area contributed by atoms with E-state index >= 15 is 0 Å². The van der Waals surface area contributed by atoms with Gasteiger partial charge in [0.05, 0.1) is 13.1 Å². The summed E-state index contributed by atoms with van der Waals surface area (Å²) in [5, 5.41) is 2.86. The van der Waals surface area contributed by atoms with E-state index in [9.17, 15) is 9.59 Å². The van der Waals surface area contributed by atoms with Crippen molar-refractivity contribution in [3.05, 3.63) is 23.3 Å². The van der Waals surface area contributed by atoms with Crippen molar-refractivity contribution in [1.82, 2.24) is 25.1 Å². The van der Waals surface area contributed by atoms with Crippen LogP contribution in [-0.2, 0) is 11.3 Å². The van der Waals surface area contributed by atoms with Crippen molar-refractivity contribution >= 4 is 12.1 Å². The molecule has 0 unspecified atom stereocenters. The number of ether oxygens (including phenoxy) is 1. The molecule has 24 heavy (non-hydrogen) atoms. The summed E-state index contributed by atoms with van der Waals surface area (Å²) in [5.74, 6) is 0.612. The summed E-state index contributed by atoms with van der Waals surface area (Å²) >= 11 is 0. The highest BCUT2D eigenvalue weighted by molar-refractivity contribution is 5.74. The summed E-state index contributed by atoms with van der Waals surface area (Å²) in [4.78, 5) is 35.9. The lowest BCUT2D eigenvalue weighted by atomic mass is 9.91. The van der Waals surface area contributed by atoms with Gasteiger partial charge < -0.3 is 19.9 Å². The van der Waals surface area contributed by atoms with Crippen LogP contribution in [0.2, 0.25) is 0 Å². The molecule has 3 amide bonds. The molecule has 3 rings (SSSR count). The number of rotatable bonds is 2. The van der Waals surface area contributed by atoms with Gasteiger partial charge in [-0.3, -0.25) is 0 Å². The van der Waals surface area contributed by atoms with Crippen LogP contribution in [0.15, 0.2) is 6.07 Å². The van der Waals surface area contributed by atoms with Crippen molar-refractivity contribution in [2.75, 3.05) is 26.7 Å². The van der Waals surface area contributed by atoms with Crippen molar-refractivity contribution in [3.8, 4) is 0 Å². The number of carbonyl (C=O) groups is 2. The summed E-state index contributed by atoms with van der Waals surface area (Å²) in [6.45, 7) is 5.85. The van der Waals surface area contributed by atoms with E-state index in [2.05, 4.69) is 15.3 Å². The van der Waals surface area contributed by atoms with Crippen molar-refractivity contribution in [2.45, 2.75) is 38.8 Å². The third-order valence-electron chi connectivity index (χ3n) is 4.53. The molecule has 1 N–H and O–H groups in total. The van der Waals surface area contributed by atoms with Gasteiger partial charge in [-0.15, -0.1) is 0 Å². The summed E-state index contributed by atoms with van der Waals surface area (Å²) in [6, 6.07) is 1.76. The molecule has 2 aliphatic rings. The number of hydrogen-bond donors (Lipinski definition) is 1. The van der Waals surface area contributed by atoms with Gasteiger partial charge >= 0.3 is 12.1 Å². The molecule has 8 heteroatoms. The fraction of sp³-hybridized carbons (Fsp3) is 0.625. The second-order valence-corrected chi connectivity index (χ2v) is 6.62. The van der Waals surface area contributed by atoms with Gasteiger partial charge in [-0.25, -0.2) is 19.6 Å². The van der Waals surface area contributed by atoms with Crippen LogP contribution in [0.5, 0.6) is 0 Å². The topological polar surface area (TPSA) is 87.7 Å². The van der Waals surface area contributed by atoms with E-state index in [0.717, 1.165) is 11.4 Å². The predicted molar refractivity (Wildman–Crippen MR) is 86.4 cm³/mol. The van der Waals surface area contributed by atoms with Gasteiger partial charge in [0.2, 0.25) is 0 Å². The number of carbonyl (C=O) groups excluding carboxylic acids is 2. The molecule has 0 bridgehead atoms. The number of amides is 3. The normalized spacial score (nSPS) is 19.5. The molecular weight excluding hydrogens is 310 g/mol. The van der Waals surface area contributed by atoms with E-state index in [1.165, 1.54) is 0 Å². The van der Waals surface area contributed by atoms with E-state index in [4.69, 9.17) is 4.74 Å². The van der Waals surface area contributed by atoms with Gasteiger partial charge in [0.25, 0.3) is 0 Å². The SMILES string of the molecule is Cc1cc(C)nc(CNC(=O)N2CCC3(CC2)CN(C)C(=O)O3)n1. The second kappa shape index (κ2) is 6.26. The molecule has 130 valence electrons. The lowest BCUT2D eigenvalue weighted by Gasteiger charge is -2.37. The zero-order valence-electron chi connectivity index (χ0n) is 14.3. The molecule has 2 aliphatic heterocycles. The Morgan fingerprint density at radius 3 is 2.46 bits per heavy atom. The Labute approximate surface area is 141 Å². The van der Waals surface area contributed by atoms with Crippen LogP contribution in [-0.4, -0.2) is 64.2 Å². The van der Waals surface area contributed by atoms with Crippen molar-refractivity contribution < 1.29 is 14.3 Å². The number of likely N-dealkylation sites (N-methyl/N-ethyl adjacent to an activating group) is 1. The molecule has 1 spiro atoms. The lowest BCUT2D eigenvalue weighted by Crippen LogP contribution is -2.51. The van der Waals surface area contributed by atoms with Gasteiger partial charge in [0.15, 0.2) is 0 Å². The number of nitrogens with zero attached hydrogens (tertiary/aromatic N) is 4. The molecule has 1 aromatic rings. The van der Waals surface area contributed by atoms with Crippen molar-refractivity contribution in [3.63, 3.8) is 0 Å². The summed E-state index contributed by atoms with van der Waals surface area (Å²) in [5.41, 5.74) is 1.34. The standard InChI is InChI=1S/C16H23N5O3/c1-11-8-12(2)19-13(18-11)9-17-14(22)21-6-4-16(5-7-21)10-20(3)15(23)24-16/h8H,4-7,9-10H2,1-3H3,(H,17,22). The number of hydrogen-bond acceptors (Lipinski definition) is 5. The predicted octanol–water partition coefficient (Wildman–Crippen LogP) is 1.22. The first kappa shape index (κ1) is 16.5. The fourth-order valence-electron chi connectivity index (χ4n) is 3.31. The average Bonchev–Trinajstić information content (AvgIpc) is 2.79. The number of aromatic nitrogens is 2. The molecule has 0 atom stereocenters. The Bertz CT molecular complexity index is 635. The third kappa shape index (κ3) is 3.42. The van der Waals surface area contributed by atoms with Crippen LogP contribution < -0.4 is 5.32 Å². The maximum absolute atomic E-state index is 12.3. The summed E-state index contributed by atoms with van der Waals surface area (Å²) in [6.07, 6.45) is 1.05. The molecule has 2 saturated heterocycles. The molecule has 1 aromatic heterocycles. The quantitative estimate of drug-likeness (QED) is 0.879.